The van der Waals surface area contributed by atoms with Gasteiger partial charge in [-0.05, 0) is 42.0 Å². The predicted octanol–water partition coefficient (Wildman–Crippen LogP) is 5.20. The van der Waals surface area contributed by atoms with E-state index in [0.29, 0.717) is 0 Å². The van der Waals surface area contributed by atoms with E-state index in [1.54, 1.807) is 0 Å². The van der Waals surface area contributed by atoms with Crippen molar-refractivity contribution in [1.29, 1.82) is 0 Å². The highest BCUT2D eigenvalue weighted by molar-refractivity contribution is 7.99. The van der Waals surface area contributed by atoms with Crippen LogP contribution in [0, 0.1) is 0 Å². The number of anilines is 1. The Hall–Kier alpha value is -1.61. The Morgan fingerprint density at radius 2 is 1.76 bits per heavy atom. The second-order valence-electron chi connectivity index (χ2n) is 4.78. The fourth-order valence-corrected chi connectivity index (χ4v) is 2.80. The molecular weight excluding hydrogens is 278 g/mol. The van der Waals surface area contributed by atoms with E-state index in [4.69, 9.17) is 4.74 Å². The van der Waals surface area contributed by atoms with Gasteiger partial charge in [-0.3, -0.25) is 0 Å². The monoisotopic (exact) mass is 301 g/mol. The summed E-state index contributed by atoms with van der Waals surface area (Å²) in [5.74, 6) is 2.03. The molecule has 0 fully saturated rings. The summed E-state index contributed by atoms with van der Waals surface area (Å²) in [7, 11) is 0. The Bertz CT molecular complexity index is 539. The summed E-state index contributed by atoms with van der Waals surface area (Å²) < 4.78 is 5.60. The highest BCUT2D eigenvalue weighted by atomic mass is 32.2. The van der Waals surface area contributed by atoms with Crippen molar-refractivity contribution in [3.8, 4) is 5.75 Å². The van der Waals surface area contributed by atoms with Crippen LogP contribution in [-0.2, 0) is 6.54 Å². The lowest BCUT2D eigenvalue weighted by molar-refractivity contribution is 0.317. The van der Waals surface area contributed by atoms with Gasteiger partial charge in [0.25, 0.3) is 0 Å². The molecule has 0 atom stereocenters. The molecule has 2 nitrogen and oxygen atoms in total. The molecule has 0 amide bonds. The summed E-state index contributed by atoms with van der Waals surface area (Å²) in [4.78, 5) is 1.31. The topological polar surface area (TPSA) is 21.3 Å². The summed E-state index contributed by atoms with van der Waals surface area (Å²) in [5.41, 5.74) is 2.46. The van der Waals surface area contributed by atoms with Crippen LogP contribution < -0.4 is 10.1 Å². The predicted molar refractivity (Wildman–Crippen MR) is 92.4 cm³/mol. The molecule has 0 saturated carbocycles. The molecule has 2 aromatic carbocycles. The number of rotatable bonds is 8. The van der Waals surface area contributed by atoms with Gasteiger partial charge in [0.1, 0.15) is 5.75 Å². The number of benzene rings is 2. The van der Waals surface area contributed by atoms with Gasteiger partial charge in [-0.25, -0.2) is 0 Å². The van der Waals surface area contributed by atoms with Crippen molar-refractivity contribution in [3.05, 3.63) is 54.1 Å². The minimum atomic E-state index is 0.777. The summed E-state index contributed by atoms with van der Waals surface area (Å²) >= 11 is 1.87. The van der Waals surface area contributed by atoms with E-state index in [9.17, 15) is 0 Å². The first kappa shape index (κ1) is 15.8. The van der Waals surface area contributed by atoms with Gasteiger partial charge in [0.05, 0.1) is 6.61 Å². The maximum Gasteiger partial charge on any atom is 0.119 e. The van der Waals surface area contributed by atoms with Gasteiger partial charge in [0.2, 0.25) is 0 Å². The van der Waals surface area contributed by atoms with Gasteiger partial charge in [0, 0.05) is 17.1 Å². The van der Waals surface area contributed by atoms with Crippen LogP contribution in [0.1, 0.15) is 25.8 Å². The average Bonchev–Trinajstić information content (AvgIpc) is 2.53. The highest BCUT2D eigenvalue weighted by Gasteiger charge is 2.01. The quantitative estimate of drug-likeness (QED) is 0.677. The lowest BCUT2D eigenvalue weighted by Gasteiger charge is -2.11. The summed E-state index contributed by atoms with van der Waals surface area (Å²) in [6.07, 6.45) is 1.04. The SMILES string of the molecule is CCCOc1ccc(CNc2ccccc2SCC)cc1. The minimum Gasteiger partial charge on any atom is -0.494 e. The molecule has 0 bridgehead atoms. The van der Waals surface area contributed by atoms with Crippen molar-refractivity contribution in [2.45, 2.75) is 31.7 Å². The Balaban J connectivity index is 1.93. The van der Waals surface area contributed by atoms with E-state index in [2.05, 4.69) is 55.6 Å². The number of thioether (sulfide) groups is 1. The van der Waals surface area contributed by atoms with Crippen LogP contribution in [-0.4, -0.2) is 12.4 Å². The third kappa shape index (κ3) is 5.01. The molecule has 112 valence electrons. The normalized spacial score (nSPS) is 10.4. The fourth-order valence-electron chi connectivity index (χ4n) is 2.01. The Kier molecular flexibility index (Phi) is 6.48. The second kappa shape index (κ2) is 8.63. The summed E-state index contributed by atoms with van der Waals surface area (Å²) in [6.45, 7) is 5.90. The van der Waals surface area contributed by atoms with Crippen molar-refractivity contribution < 1.29 is 4.74 Å². The molecule has 0 saturated heterocycles. The molecule has 2 rings (SSSR count). The third-order valence-electron chi connectivity index (χ3n) is 3.07. The van der Waals surface area contributed by atoms with Gasteiger partial charge >= 0.3 is 0 Å². The molecule has 0 aliphatic rings. The van der Waals surface area contributed by atoms with E-state index >= 15 is 0 Å². The number of nitrogens with one attached hydrogen (secondary N) is 1. The molecule has 3 heteroatoms. The first-order valence-electron chi connectivity index (χ1n) is 7.51. The lowest BCUT2D eigenvalue weighted by Crippen LogP contribution is -2.01. The maximum atomic E-state index is 5.60. The zero-order valence-electron chi connectivity index (χ0n) is 12.8. The number of hydrogen-bond donors (Lipinski definition) is 1. The van der Waals surface area contributed by atoms with Crippen molar-refractivity contribution >= 4 is 17.4 Å². The molecule has 21 heavy (non-hydrogen) atoms. The van der Waals surface area contributed by atoms with E-state index in [1.165, 1.54) is 16.1 Å². The van der Waals surface area contributed by atoms with Crippen LogP contribution in [0.3, 0.4) is 0 Å². The molecule has 0 unspecified atom stereocenters. The molecular formula is C18H23NOS. The van der Waals surface area contributed by atoms with E-state index in [1.807, 2.05) is 23.9 Å². The molecule has 0 aromatic heterocycles. The van der Waals surface area contributed by atoms with Crippen LogP contribution >= 0.6 is 11.8 Å². The largest absolute Gasteiger partial charge is 0.494 e. The van der Waals surface area contributed by atoms with Gasteiger partial charge < -0.3 is 10.1 Å². The van der Waals surface area contributed by atoms with Gasteiger partial charge in [0.15, 0.2) is 0 Å². The van der Waals surface area contributed by atoms with Crippen LogP contribution in [0.4, 0.5) is 5.69 Å². The first-order valence-corrected chi connectivity index (χ1v) is 8.49. The van der Waals surface area contributed by atoms with Gasteiger partial charge in [-0.15, -0.1) is 11.8 Å². The van der Waals surface area contributed by atoms with Gasteiger partial charge in [-0.1, -0.05) is 38.1 Å². The zero-order valence-corrected chi connectivity index (χ0v) is 13.6. The molecule has 0 radical (unpaired) electrons. The first-order chi connectivity index (χ1) is 10.3. The average molecular weight is 301 g/mol. The van der Waals surface area contributed by atoms with Gasteiger partial charge in [-0.2, -0.15) is 0 Å². The molecule has 0 heterocycles. The number of ether oxygens (including phenoxy) is 1. The minimum absolute atomic E-state index is 0.777. The smallest absolute Gasteiger partial charge is 0.119 e. The van der Waals surface area contributed by atoms with Crippen molar-refractivity contribution in [3.63, 3.8) is 0 Å². The van der Waals surface area contributed by atoms with Crippen LogP contribution in [0.25, 0.3) is 0 Å². The second-order valence-corrected chi connectivity index (χ2v) is 6.08. The van der Waals surface area contributed by atoms with Crippen molar-refractivity contribution in [2.75, 3.05) is 17.7 Å². The maximum absolute atomic E-state index is 5.60. The third-order valence-corrected chi connectivity index (χ3v) is 4.02. The van der Waals surface area contributed by atoms with Crippen LogP contribution in [0.15, 0.2) is 53.4 Å². The van der Waals surface area contributed by atoms with E-state index < -0.39 is 0 Å². The lowest BCUT2D eigenvalue weighted by atomic mass is 10.2. The number of hydrogen-bond acceptors (Lipinski definition) is 3. The highest BCUT2D eigenvalue weighted by Crippen LogP contribution is 2.27. The summed E-state index contributed by atoms with van der Waals surface area (Å²) in [5, 5.41) is 3.52. The summed E-state index contributed by atoms with van der Waals surface area (Å²) in [6, 6.07) is 16.8. The van der Waals surface area contributed by atoms with E-state index in [-0.39, 0.29) is 0 Å². The molecule has 0 spiro atoms. The zero-order chi connectivity index (χ0) is 14.9. The van der Waals surface area contributed by atoms with Crippen molar-refractivity contribution in [1.82, 2.24) is 0 Å². The molecule has 0 aliphatic heterocycles. The molecule has 0 aliphatic carbocycles. The molecule has 2 aromatic rings. The van der Waals surface area contributed by atoms with E-state index in [0.717, 1.165) is 31.1 Å². The van der Waals surface area contributed by atoms with Crippen LogP contribution in [0.2, 0.25) is 0 Å². The van der Waals surface area contributed by atoms with Crippen molar-refractivity contribution in [2.24, 2.45) is 0 Å². The Morgan fingerprint density at radius 1 is 1.00 bits per heavy atom. The van der Waals surface area contributed by atoms with Crippen LogP contribution in [0.5, 0.6) is 5.75 Å². The standard InChI is InChI=1S/C18H23NOS/c1-3-13-20-16-11-9-15(10-12-16)14-19-17-7-5-6-8-18(17)21-4-2/h5-12,19H,3-4,13-14H2,1-2H3. The Morgan fingerprint density at radius 3 is 2.48 bits per heavy atom. The fraction of sp³-hybridized carbons (Fsp3) is 0.333. The Labute approximate surface area is 131 Å². The molecule has 1 N–H and O–H groups in total. The number of para-hydroxylation sites is 1.